The summed E-state index contributed by atoms with van der Waals surface area (Å²) in [5.41, 5.74) is 4.24. The normalized spacial score (nSPS) is 14.9. The average Bonchev–Trinajstić information content (AvgIpc) is 3.35. The average molecular weight is 518 g/mol. The summed E-state index contributed by atoms with van der Waals surface area (Å²) in [6.45, 7) is 5.91. The van der Waals surface area contributed by atoms with Gasteiger partial charge in [-0.3, -0.25) is 9.78 Å². The molecule has 0 saturated carbocycles. The van der Waals surface area contributed by atoms with Crippen molar-refractivity contribution >= 4 is 22.9 Å². The van der Waals surface area contributed by atoms with Gasteiger partial charge in [0.05, 0.1) is 0 Å². The van der Waals surface area contributed by atoms with Crippen LogP contribution in [-0.4, -0.2) is 59.1 Å². The van der Waals surface area contributed by atoms with E-state index in [1.165, 1.54) is 35.2 Å². The predicted molar refractivity (Wildman–Crippen MR) is 144 cm³/mol. The van der Waals surface area contributed by atoms with Crippen molar-refractivity contribution < 1.29 is 14.3 Å². The first-order chi connectivity index (χ1) is 17.9. The molecule has 3 heterocycles. The Hall–Kier alpha value is -3.82. The van der Waals surface area contributed by atoms with E-state index >= 15 is 0 Å². The molecular formula is C28H28FN5O2S. The number of carbonyl (C=O) groups excluding carboxylic acids is 1. The van der Waals surface area contributed by atoms with Gasteiger partial charge in [0.15, 0.2) is 0 Å². The van der Waals surface area contributed by atoms with E-state index in [2.05, 4.69) is 56.4 Å². The van der Waals surface area contributed by atoms with Crippen molar-refractivity contribution in [3.8, 4) is 16.9 Å². The van der Waals surface area contributed by atoms with Crippen LogP contribution in [0.4, 0.5) is 10.1 Å². The second-order valence-corrected chi connectivity index (χ2v) is 10.1. The lowest BCUT2D eigenvalue weighted by Crippen LogP contribution is -2.44. The second-order valence-electron chi connectivity index (χ2n) is 9.20. The molecule has 1 amide bonds. The van der Waals surface area contributed by atoms with Gasteiger partial charge in [-0.1, -0.05) is 12.1 Å². The molecule has 2 aromatic heterocycles. The number of nitrogens with zero attached hydrogens (tertiary/aromatic N) is 4. The Bertz CT molecular complexity index is 1400. The van der Waals surface area contributed by atoms with Crippen LogP contribution in [0.3, 0.4) is 0 Å². The molecule has 1 fully saturated rings. The number of pyridine rings is 1. The number of aromatic nitrogens is 2. The van der Waals surface area contributed by atoms with E-state index in [4.69, 9.17) is 0 Å². The van der Waals surface area contributed by atoms with Gasteiger partial charge in [-0.2, -0.15) is 0 Å². The van der Waals surface area contributed by atoms with Crippen molar-refractivity contribution in [2.45, 2.75) is 13.0 Å². The molecule has 0 bridgehead atoms. The van der Waals surface area contributed by atoms with E-state index in [0.717, 1.165) is 43.0 Å². The number of phenols is 1. The Labute approximate surface area is 219 Å². The quantitative estimate of drug-likeness (QED) is 0.388. The van der Waals surface area contributed by atoms with Gasteiger partial charge in [0, 0.05) is 54.7 Å². The number of hydrogen-bond acceptors (Lipinski definition) is 7. The first-order valence-electron chi connectivity index (χ1n) is 12.1. The Morgan fingerprint density at radius 3 is 2.51 bits per heavy atom. The summed E-state index contributed by atoms with van der Waals surface area (Å²) in [7, 11) is 2.14. The monoisotopic (exact) mass is 517 g/mol. The van der Waals surface area contributed by atoms with Crippen LogP contribution in [0, 0.1) is 12.7 Å². The number of halogens is 1. The fraction of sp³-hybridized carbons (Fsp3) is 0.250. The Kier molecular flexibility index (Phi) is 7.16. The minimum absolute atomic E-state index is 0.123. The Morgan fingerprint density at radius 2 is 1.81 bits per heavy atom. The molecule has 1 unspecified atom stereocenters. The first-order valence-corrected chi connectivity index (χ1v) is 13.0. The van der Waals surface area contributed by atoms with Crippen molar-refractivity contribution in [1.29, 1.82) is 0 Å². The fourth-order valence-corrected chi connectivity index (χ4v) is 5.27. The molecule has 4 aromatic rings. The maximum atomic E-state index is 14.0. The number of amides is 1. The summed E-state index contributed by atoms with van der Waals surface area (Å²) in [5, 5.41) is 15.7. The third-order valence-corrected chi connectivity index (χ3v) is 7.55. The maximum absolute atomic E-state index is 14.0. The minimum Gasteiger partial charge on any atom is -0.508 e. The summed E-state index contributed by atoms with van der Waals surface area (Å²) in [6.07, 6.45) is 1.60. The summed E-state index contributed by atoms with van der Waals surface area (Å²) in [4.78, 5) is 26.7. The van der Waals surface area contributed by atoms with Crippen molar-refractivity contribution in [2.24, 2.45) is 0 Å². The van der Waals surface area contributed by atoms with Crippen molar-refractivity contribution in [2.75, 3.05) is 38.1 Å². The zero-order valence-corrected chi connectivity index (χ0v) is 21.5. The van der Waals surface area contributed by atoms with E-state index in [1.54, 1.807) is 12.3 Å². The zero-order chi connectivity index (χ0) is 25.9. The molecule has 7 nitrogen and oxygen atoms in total. The van der Waals surface area contributed by atoms with Crippen LogP contribution in [0.15, 0.2) is 66.2 Å². The lowest BCUT2D eigenvalue weighted by Gasteiger charge is -2.34. The van der Waals surface area contributed by atoms with Gasteiger partial charge in [-0.25, -0.2) is 9.37 Å². The third-order valence-electron chi connectivity index (χ3n) is 6.52. The number of piperazine rings is 1. The van der Waals surface area contributed by atoms with Crippen LogP contribution in [0.2, 0.25) is 0 Å². The summed E-state index contributed by atoms with van der Waals surface area (Å²) in [5.74, 6) is -1.08. The number of hydrogen-bond donors (Lipinski definition) is 2. The highest BCUT2D eigenvalue weighted by Crippen LogP contribution is 2.32. The number of benzene rings is 2. The smallest absolute Gasteiger partial charge is 0.270 e. The molecule has 2 aromatic carbocycles. The molecule has 0 spiro atoms. The van der Waals surface area contributed by atoms with Gasteiger partial charge in [0.25, 0.3) is 5.91 Å². The highest BCUT2D eigenvalue weighted by molar-refractivity contribution is 7.09. The Balaban J connectivity index is 1.38. The van der Waals surface area contributed by atoms with E-state index < -0.39 is 17.8 Å². The number of aromatic hydroxyl groups is 1. The number of likely N-dealkylation sites (N-methyl/N-ethyl adjacent to an activating group) is 1. The first kappa shape index (κ1) is 24.9. The number of anilines is 1. The third kappa shape index (κ3) is 5.63. The summed E-state index contributed by atoms with van der Waals surface area (Å²) >= 11 is 1.33. The SMILES string of the molecule is Cc1csc(C(NC(=O)c2cc(-c3ccc(N4CCN(C)CC4)cc3)ccn2)c2cc(F)ccc2O)n1. The molecule has 1 aliphatic rings. The van der Waals surface area contributed by atoms with Gasteiger partial charge in [-0.05, 0) is 67.6 Å². The topological polar surface area (TPSA) is 81.6 Å². The Morgan fingerprint density at radius 1 is 1.05 bits per heavy atom. The van der Waals surface area contributed by atoms with E-state index in [0.29, 0.717) is 5.01 Å². The van der Waals surface area contributed by atoms with Crippen LogP contribution >= 0.6 is 11.3 Å². The zero-order valence-electron chi connectivity index (χ0n) is 20.7. The molecule has 5 rings (SSSR count). The molecule has 0 radical (unpaired) electrons. The summed E-state index contributed by atoms with van der Waals surface area (Å²) < 4.78 is 14.0. The maximum Gasteiger partial charge on any atom is 0.270 e. The molecule has 190 valence electrons. The highest BCUT2D eigenvalue weighted by Gasteiger charge is 2.25. The van der Waals surface area contributed by atoms with Crippen molar-refractivity contribution in [3.05, 3.63) is 94.0 Å². The van der Waals surface area contributed by atoms with Crippen LogP contribution in [0.25, 0.3) is 11.1 Å². The van der Waals surface area contributed by atoms with Crippen LogP contribution in [0.1, 0.15) is 32.8 Å². The number of thiazole rings is 1. The van der Waals surface area contributed by atoms with Crippen molar-refractivity contribution in [1.82, 2.24) is 20.2 Å². The largest absolute Gasteiger partial charge is 0.508 e. The molecule has 0 aliphatic carbocycles. The summed E-state index contributed by atoms with van der Waals surface area (Å²) in [6, 6.07) is 14.7. The number of rotatable bonds is 6. The number of phenolic OH excluding ortho intramolecular Hbond substituents is 1. The molecule has 1 saturated heterocycles. The lowest BCUT2D eigenvalue weighted by molar-refractivity contribution is 0.0937. The molecular weight excluding hydrogens is 489 g/mol. The van der Waals surface area contributed by atoms with Gasteiger partial charge < -0.3 is 20.2 Å². The van der Waals surface area contributed by atoms with Crippen LogP contribution in [-0.2, 0) is 0 Å². The van der Waals surface area contributed by atoms with Crippen LogP contribution in [0.5, 0.6) is 5.75 Å². The van der Waals surface area contributed by atoms with E-state index in [9.17, 15) is 14.3 Å². The van der Waals surface area contributed by atoms with E-state index in [-0.39, 0.29) is 17.0 Å². The second kappa shape index (κ2) is 10.7. The van der Waals surface area contributed by atoms with Crippen molar-refractivity contribution in [3.63, 3.8) is 0 Å². The molecule has 1 atom stereocenters. The number of nitrogens with one attached hydrogen (secondary N) is 1. The molecule has 37 heavy (non-hydrogen) atoms. The minimum atomic E-state index is -0.824. The van der Waals surface area contributed by atoms with Gasteiger partial charge >= 0.3 is 0 Å². The van der Waals surface area contributed by atoms with Gasteiger partial charge in [-0.15, -0.1) is 11.3 Å². The predicted octanol–water partition coefficient (Wildman–Crippen LogP) is 4.63. The molecule has 2 N–H and O–H groups in total. The molecule has 9 heteroatoms. The fourth-order valence-electron chi connectivity index (χ4n) is 4.40. The van der Waals surface area contributed by atoms with Gasteiger partial charge in [0.1, 0.15) is 28.3 Å². The number of aryl methyl sites for hydroxylation is 1. The highest BCUT2D eigenvalue weighted by atomic mass is 32.1. The van der Waals surface area contributed by atoms with E-state index in [1.807, 2.05) is 18.4 Å². The standard InChI is InChI=1S/C28H28FN5O2S/c1-18-17-37-28(31-18)26(23-16-21(29)5-8-25(23)35)32-27(36)24-15-20(9-10-30-24)19-3-6-22(7-4-19)34-13-11-33(2)12-14-34/h3-10,15-17,26,35H,11-14H2,1-2H3,(H,32,36). The van der Waals surface area contributed by atoms with Crippen LogP contribution < -0.4 is 10.2 Å². The van der Waals surface area contributed by atoms with Gasteiger partial charge in [0.2, 0.25) is 0 Å². The lowest BCUT2D eigenvalue weighted by atomic mass is 10.0. The molecule has 1 aliphatic heterocycles. The number of carbonyl (C=O) groups is 1.